The maximum atomic E-state index is 10.5. The molecule has 0 N–H and O–H groups in total. The maximum Gasteiger partial charge on any atom is 0.123 e. The molecule has 1 heterocycles. The predicted octanol–water partition coefficient (Wildman–Crippen LogP) is 1.39. The molecule has 0 bridgehead atoms. The summed E-state index contributed by atoms with van der Waals surface area (Å²) in [5.41, 5.74) is 2.43. The van der Waals surface area contributed by atoms with Crippen LogP contribution < -0.4 is 0 Å². The van der Waals surface area contributed by atoms with Crippen LogP contribution in [0.5, 0.6) is 0 Å². The summed E-state index contributed by atoms with van der Waals surface area (Å²) < 4.78 is 0. The lowest BCUT2D eigenvalue weighted by Gasteiger charge is -2.18. The molecule has 2 nitrogen and oxygen atoms in total. The molecule has 0 amide bonds. The zero-order valence-electron chi connectivity index (χ0n) is 6.86. The van der Waals surface area contributed by atoms with Gasteiger partial charge in [-0.05, 0) is 30.9 Å². The molecule has 0 aromatic carbocycles. The van der Waals surface area contributed by atoms with E-state index in [0.29, 0.717) is 0 Å². The van der Waals surface area contributed by atoms with Gasteiger partial charge in [0, 0.05) is 17.8 Å². The van der Waals surface area contributed by atoms with Gasteiger partial charge in [0.25, 0.3) is 0 Å². The summed E-state index contributed by atoms with van der Waals surface area (Å²) in [5.74, 6) is 0.201. The highest BCUT2D eigenvalue weighted by Gasteiger charge is 2.17. The van der Waals surface area contributed by atoms with E-state index < -0.39 is 0 Å². The Balaban J connectivity index is 2.28. The molecule has 0 fully saturated rings. The summed E-state index contributed by atoms with van der Waals surface area (Å²) >= 11 is 0. The standard InChI is InChI=1S/C10H11NO/c12-7-8-3-4-9-2-1-5-11-10(9)6-8/h1-2,5,7-8H,3-4,6H2. The minimum Gasteiger partial charge on any atom is -0.303 e. The van der Waals surface area contributed by atoms with Gasteiger partial charge in [0.05, 0.1) is 0 Å². The fourth-order valence-electron chi connectivity index (χ4n) is 1.69. The van der Waals surface area contributed by atoms with Crippen LogP contribution in [0.25, 0.3) is 0 Å². The Labute approximate surface area is 71.6 Å². The molecule has 0 radical (unpaired) electrons. The molecule has 0 aliphatic heterocycles. The number of carbonyl (C=O) groups excluding carboxylic acids is 1. The number of nitrogens with zero attached hydrogens (tertiary/aromatic N) is 1. The van der Waals surface area contributed by atoms with Gasteiger partial charge < -0.3 is 4.79 Å². The summed E-state index contributed by atoms with van der Waals surface area (Å²) in [6.45, 7) is 0. The van der Waals surface area contributed by atoms with Crippen LogP contribution in [-0.2, 0) is 17.6 Å². The van der Waals surface area contributed by atoms with Crippen molar-refractivity contribution >= 4 is 6.29 Å². The zero-order chi connectivity index (χ0) is 8.39. The number of aryl methyl sites for hydroxylation is 1. The van der Waals surface area contributed by atoms with Gasteiger partial charge >= 0.3 is 0 Å². The summed E-state index contributed by atoms with van der Waals surface area (Å²) in [4.78, 5) is 14.8. The Hall–Kier alpha value is -1.18. The molecule has 1 aromatic rings. The molecular weight excluding hydrogens is 150 g/mol. The smallest absolute Gasteiger partial charge is 0.123 e. The molecule has 12 heavy (non-hydrogen) atoms. The van der Waals surface area contributed by atoms with Gasteiger partial charge in [0.1, 0.15) is 6.29 Å². The quantitative estimate of drug-likeness (QED) is 0.582. The highest BCUT2D eigenvalue weighted by atomic mass is 16.1. The fourth-order valence-corrected chi connectivity index (χ4v) is 1.69. The van der Waals surface area contributed by atoms with Crippen molar-refractivity contribution in [1.29, 1.82) is 0 Å². The molecule has 1 aromatic heterocycles. The van der Waals surface area contributed by atoms with Crippen LogP contribution in [0.3, 0.4) is 0 Å². The van der Waals surface area contributed by atoms with Crippen LogP contribution in [0.1, 0.15) is 17.7 Å². The van der Waals surface area contributed by atoms with Crippen LogP contribution in [0.4, 0.5) is 0 Å². The van der Waals surface area contributed by atoms with Gasteiger partial charge in [-0.3, -0.25) is 4.98 Å². The van der Waals surface area contributed by atoms with Gasteiger partial charge in [-0.2, -0.15) is 0 Å². The molecule has 1 atom stereocenters. The van der Waals surface area contributed by atoms with E-state index in [-0.39, 0.29) is 5.92 Å². The highest BCUT2D eigenvalue weighted by molar-refractivity contribution is 5.55. The molecule has 2 rings (SSSR count). The third-order valence-electron chi connectivity index (χ3n) is 2.42. The number of hydrogen-bond donors (Lipinski definition) is 0. The molecule has 1 aliphatic carbocycles. The first-order valence-electron chi connectivity index (χ1n) is 4.28. The SMILES string of the molecule is O=CC1CCc2cccnc2C1. The van der Waals surface area contributed by atoms with Gasteiger partial charge in [-0.25, -0.2) is 0 Å². The Morgan fingerprint density at radius 1 is 1.58 bits per heavy atom. The van der Waals surface area contributed by atoms with Gasteiger partial charge in [-0.15, -0.1) is 0 Å². The third kappa shape index (κ3) is 1.24. The largest absolute Gasteiger partial charge is 0.303 e. The predicted molar refractivity (Wildman–Crippen MR) is 45.8 cm³/mol. The molecule has 0 saturated heterocycles. The van der Waals surface area contributed by atoms with E-state index >= 15 is 0 Å². The van der Waals surface area contributed by atoms with Crippen molar-refractivity contribution in [3.63, 3.8) is 0 Å². The molecule has 1 aliphatic rings. The van der Waals surface area contributed by atoms with E-state index in [9.17, 15) is 4.79 Å². The number of pyridine rings is 1. The fraction of sp³-hybridized carbons (Fsp3) is 0.400. The number of carbonyl (C=O) groups is 1. The first kappa shape index (κ1) is 7.47. The molecule has 2 heteroatoms. The van der Waals surface area contributed by atoms with E-state index in [2.05, 4.69) is 11.1 Å². The van der Waals surface area contributed by atoms with Crippen molar-refractivity contribution in [2.24, 2.45) is 5.92 Å². The second kappa shape index (κ2) is 3.05. The lowest BCUT2D eigenvalue weighted by Crippen LogP contribution is -2.16. The van der Waals surface area contributed by atoms with Crippen molar-refractivity contribution in [2.45, 2.75) is 19.3 Å². The molecule has 0 saturated carbocycles. The summed E-state index contributed by atoms with van der Waals surface area (Å²) in [5, 5.41) is 0. The van der Waals surface area contributed by atoms with Gasteiger partial charge in [-0.1, -0.05) is 6.07 Å². The van der Waals surface area contributed by atoms with Crippen LogP contribution >= 0.6 is 0 Å². The Bertz CT molecular complexity index is 296. The molecule has 0 spiro atoms. The number of fused-ring (bicyclic) bond motifs is 1. The summed E-state index contributed by atoms with van der Waals surface area (Å²) in [7, 11) is 0. The number of aldehydes is 1. The average molecular weight is 161 g/mol. The van der Waals surface area contributed by atoms with Crippen molar-refractivity contribution in [3.8, 4) is 0 Å². The monoisotopic (exact) mass is 161 g/mol. The first-order chi connectivity index (χ1) is 5.90. The van der Waals surface area contributed by atoms with Crippen LogP contribution in [0.15, 0.2) is 18.3 Å². The van der Waals surface area contributed by atoms with E-state index in [0.717, 1.165) is 31.2 Å². The van der Waals surface area contributed by atoms with Gasteiger partial charge in [0.2, 0.25) is 0 Å². The van der Waals surface area contributed by atoms with Crippen molar-refractivity contribution < 1.29 is 4.79 Å². The molecule has 1 unspecified atom stereocenters. The number of hydrogen-bond acceptors (Lipinski definition) is 2. The zero-order valence-corrected chi connectivity index (χ0v) is 6.86. The third-order valence-corrected chi connectivity index (χ3v) is 2.42. The van der Waals surface area contributed by atoms with Gasteiger partial charge in [0.15, 0.2) is 0 Å². The first-order valence-corrected chi connectivity index (χ1v) is 4.28. The van der Waals surface area contributed by atoms with Crippen molar-refractivity contribution in [3.05, 3.63) is 29.6 Å². The second-order valence-corrected chi connectivity index (χ2v) is 3.25. The normalized spacial score (nSPS) is 21.5. The summed E-state index contributed by atoms with van der Waals surface area (Å²) in [6, 6.07) is 4.06. The second-order valence-electron chi connectivity index (χ2n) is 3.25. The van der Waals surface area contributed by atoms with Crippen LogP contribution in [0, 0.1) is 5.92 Å². The summed E-state index contributed by atoms with van der Waals surface area (Å²) in [6.07, 6.45) is 5.68. The lowest BCUT2D eigenvalue weighted by atomic mass is 9.88. The average Bonchev–Trinajstić information content (AvgIpc) is 2.17. The minimum absolute atomic E-state index is 0.201. The Morgan fingerprint density at radius 3 is 3.33 bits per heavy atom. The Morgan fingerprint density at radius 2 is 2.50 bits per heavy atom. The van der Waals surface area contributed by atoms with Crippen molar-refractivity contribution in [2.75, 3.05) is 0 Å². The van der Waals surface area contributed by atoms with Crippen molar-refractivity contribution in [1.82, 2.24) is 4.98 Å². The van der Waals surface area contributed by atoms with E-state index in [1.807, 2.05) is 6.07 Å². The molecule has 62 valence electrons. The van der Waals surface area contributed by atoms with Crippen LogP contribution in [-0.4, -0.2) is 11.3 Å². The van der Waals surface area contributed by atoms with E-state index in [1.54, 1.807) is 6.20 Å². The van der Waals surface area contributed by atoms with E-state index in [4.69, 9.17) is 0 Å². The van der Waals surface area contributed by atoms with E-state index in [1.165, 1.54) is 5.56 Å². The number of rotatable bonds is 1. The lowest BCUT2D eigenvalue weighted by molar-refractivity contribution is -0.111. The van der Waals surface area contributed by atoms with Crippen LogP contribution in [0.2, 0.25) is 0 Å². The topological polar surface area (TPSA) is 30.0 Å². The Kier molecular flexibility index (Phi) is 1.90. The molecular formula is C10H11NO. The minimum atomic E-state index is 0.201. The maximum absolute atomic E-state index is 10.5. The highest BCUT2D eigenvalue weighted by Crippen LogP contribution is 2.21. The number of aromatic nitrogens is 1.